The molecule has 0 spiro atoms. The maximum absolute atomic E-state index is 8.65. The van der Waals surface area contributed by atoms with Gasteiger partial charge in [0.25, 0.3) is 0 Å². The molecular formula is C9H14N4. The molecule has 3 N–H and O–H groups in total. The summed E-state index contributed by atoms with van der Waals surface area (Å²) >= 11 is 0. The van der Waals surface area contributed by atoms with Crippen LogP contribution in [0.25, 0.3) is 0 Å². The van der Waals surface area contributed by atoms with E-state index in [9.17, 15) is 0 Å². The second-order valence-electron chi connectivity index (χ2n) is 3.25. The molecule has 1 saturated carbocycles. The second kappa shape index (κ2) is 3.94. The van der Waals surface area contributed by atoms with Crippen LogP contribution in [-0.2, 0) is 0 Å². The van der Waals surface area contributed by atoms with E-state index in [0.717, 1.165) is 19.1 Å². The lowest BCUT2D eigenvalue weighted by molar-refractivity contribution is 0.198. The number of rotatable bonds is 3. The van der Waals surface area contributed by atoms with Gasteiger partial charge in [-0.3, -0.25) is 0 Å². The fraction of sp³-hybridized carbons (Fsp3) is 0.556. The highest BCUT2D eigenvalue weighted by molar-refractivity contribution is 5.82. The zero-order chi connectivity index (χ0) is 9.84. The first-order chi connectivity index (χ1) is 6.20. The van der Waals surface area contributed by atoms with Crippen LogP contribution in [-0.4, -0.2) is 24.2 Å². The minimum atomic E-state index is 0.245. The van der Waals surface area contributed by atoms with Crippen LogP contribution in [0.1, 0.15) is 19.3 Å². The van der Waals surface area contributed by atoms with E-state index in [2.05, 4.69) is 0 Å². The summed E-state index contributed by atoms with van der Waals surface area (Å²) in [4.78, 5) is 1.90. The molecule has 0 bridgehead atoms. The van der Waals surface area contributed by atoms with Crippen molar-refractivity contribution in [2.24, 2.45) is 5.73 Å². The number of nitrogens with one attached hydrogen (secondary N) is 1. The molecule has 1 aliphatic carbocycles. The van der Waals surface area contributed by atoms with Crippen molar-refractivity contribution in [1.29, 1.82) is 10.7 Å². The predicted octanol–water partition coefficient (Wildman–Crippen LogP) is 0.814. The van der Waals surface area contributed by atoms with Gasteiger partial charge in [-0.25, -0.2) is 0 Å². The highest BCUT2D eigenvalue weighted by Gasteiger charge is 2.23. The fourth-order valence-corrected chi connectivity index (χ4v) is 1.32. The summed E-state index contributed by atoms with van der Waals surface area (Å²) in [6.07, 6.45) is 4.50. The van der Waals surface area contributed by atoms with Crippen molar-refractivity contribution in [2.75, 3.05) is 7.05 Å². The maximum Gasteiger partial charge on any atom is 0.118 e. The largest absolute Gasteiger partial charge is 0.384 e. The molecule has 0 heterocycles. The molecule has 1 rings (SSSR count). The van der Waals surface area contributed by atoms with Crippen LogP contribution in [0.15, 0.2) is 11.4 Å². The molecule has 0 amide bonds. The van der Waals surface area contributed by atoms with Gasteiger partial charge in [-0.2, -0.15) is 5.26 Å². The van der Waals surface area contributed by atoms with Crippen LogP contribution >= 0.6 is 0 Å². The highest BCUT2D eigenvalue weighted by atomic mass is 15.2. The third kappa shape index (κ3) is 1.81. The molecule has 1 fully saturated rings. The van der Waals surface area contributed by atoms with Crippen molar-refractivity contribution in [3.8, 4) is 6.07 Å². The Hall–Kier alpha value is -1.50. The van der Waals surface area contributed by atoms with E-state index < -0.39 is 0 Å². The minimum Gasteiger partial charge on any atom is -0.384 e. The lowest BCUT2D eigenvalue weighted by Crippen LogP contribution is -2.39. The topological polar surface area (TPSA) is 76.9 Å². The second-order valence-corrected chi connectivity index (χ2v) is 3.25. The first kappa shape index (κ1) is 9.59. The molecule has 4 nitrogen and oxygen atoms in total. The molecule has 1 aliphatic rings. The van der Waals surface area contributed by atoms with Gasteiger partial charge in [0.1, 0.15) is 17.5 Å². The zero-order valence-corrected chi connectivity index (χ0v) is 7.75. The Bertz CT molecular complexity index is 270. The average molecular weight is 178 g/mol. The molecule has 0 aromatic rings. The smallest absolute Gasteiger partial charge is 0.118 e. The number of allylic oxidation sites excluding steroid dienone is 1. The van der Waals surface area contributed by atoms with Gasteiger partial charge in [0.15, 0.2) is 0 Å². The van der Waals surface area contributed by atoms with Crippen LogP contribution in [0.2, 0.25) is 0 Å². The third-order valence-electron chi connectivity index (χ3n) is 2.54. The van der Waals surface area contributed by atoms with E-state index in [4.69, 9.17) is 16.4 Å². The predicted molar refractivity (Wildman–Crippen MR) is 51.0 cm³/mol. The van der Waals surface area contributed by atoms with E-state index in [0.29, 0.717) is 11.9 Å². The number of hydrogen-bond acceptors (Lipinski definition) is 4. The van der Waals surface area contributed by atoms with E-state index >= 15 is 0 Å². The third-order valence-corrected chi connectivity index (χ3v) is 2.54. The lowest BCUT2D eigenvalue weighted by Gasteiger charge is -2.36. The summed E-state index contributed by atoms with van der Waals surface area (Å²) in [7, 11) is 1.88. The lowest BCUT2D eigenvalue weighted by atomic mass is 9.92. The SMILES string of the molecule is CN(/C(N)=C(/C#N)C=N)C1CCC1. The molecule has 0 atom stereocenters. The summed E-state index contributed by atoms with van der Waals surface area (Å²) < 4.78 is 0. The summed E-state index contributed by atoms with van der Waals surface area (Å²) in [5.74, 6) is 0.419. The van der Waals surface area contributed by atoms with Crippen LogP contribution in [0.3, 0.4) is 0 Å². The van der Waals surface area contributed by atoms with Crippen LogP contribution < -0.4 is 5.73 Å². The van der Waals surface area contributed by atoms with Gasteiger partial charge in [-0.05, 0) is 19.3 Å². The Morgan fingerprint density at radius 1 is 1.69 bits per heavy atom. The number of nitriles is 1. The Labute approximate surface area is 78.1 Å². The molecule has 4 heteroatoms. The van der Waals surface area contributed by atoms with Crippen molar-refractivity contribution in [2.45, 2.75) is 25.3 Å². The van der Waals surface area contributed by atoms with E-state index in [1.807, 2.05) is 18.0 Å². The van der Waals surface area contributed by atoms with Crippen molar-refractivity contribution in [3.05, 3.63) is 11.4 Å². The van der Waals surface area contributed by atoms with Crippen LogP contribution in [0, 0.1) is 16.7 Å². The highest BCUT2D eigenvalue weighted by Crippen LogP contribution is 2.25. The van der Waals surface area contributed by atoms with Gasteiger partial charge in [0.05, 0.1) is 0 Å². The Kier molecular flexibility index (Phi) is 2.91. The monoisotopic (exact) mass is 178 g/mol. The quantitative estimate of drug-likeness (QED) is 0.496. The molecule has 0 unspecified atom stereocenters. The first-order valence-electron chi connectivity index (χ1n) is 4.34. The Morgan fingerprint density at radius 3 is 2.62 bits per heavy atom. The molecule has 0 aromatic carbocycles. The van der Waals surface area contributed by atoms with Gasteiger partial charge >= 0.3 is 0 Å². The molecule has 0 aromatic heterocycles. The summed E-state index contributed by atoms with van der Waals surface area (Å²) in [6.45, 7) is 0. The van der Waals surface area contributed by atoms with Gasteiger partial charge < -0.3 is 16.0 Å². The molecular weight excluding hydrogens is 164 g/mol. The van der Waals surface area contributed by atoms with Crippen molar-refractivity contribution >= 4 is 6.21 Å². The van der Waals surface area contributed by atoms with Gasteiger partial charge in [-0.1, -0.05) is 0 Å². The van der Waals surface area contributed by atoms with Gasteiger partial charge in [0.2, 0.25) is 0 Å². The minimum absolute atomic E-state index is 0.245. The van der Waals surface area contributed by atoms with E-state index in [1.165, 1.54) is 6.42 Å². The van der Waals surface area contributed by atoms with Crippen molar-refractivity contribution < 1.29 is 0 Å². The normalized spacial score (nSPS) is 18.2. The number of nitrogens with zero attached hydrogens (tertiary/aromatic N) is 2. The Balaban J connectivity index is 2.74. The zero-order valence-electron chi connectivity index (χ0n) is 7.75. The average Bonchev–Trinajstić information content (AvgIpc) is 2.03. The Morgan fingerprint density at radius 2 is 2.31 bits per heavy atom. The van der Waals surface area contributed by atoms with Crippen molar-refractivity contribution in [1.82, 2.24) is 4.90 Å². The summed E-state index contributed by atoms with van der Waals surface area (Å²) in [5.41, 5.74) is 5.97. The summed E-state index contributed by atoms with van der Waals surface area (Å²) in [6, 6.07) is 2.37. The molecule has 0 saturated heterocycles. The first-order valence-corrected chi connectivity index (χ1v) is 4.34. The van der Waals surface area contributed by atoms with Gasteiger partial charge in [-0.15, -0.1) is 0 Å². The van der Waals surface area contributed by atoms with Gasteiger partial charge in [0, 0.05) is 19.3 Å². The number of nitrogens with two attached hydrogens (primary N) is 1. The van der Waals surface area contributed by atoms with Crippen LogP contribution in [0.5, 0.6) is 0 Å². The van der Waals surface area contributed by atoms with E-state index in [-0.39, 0.29) is 5.57 Å². The van der Waals surface area contributed by atoms with Crippen LogP contribution in [0.4, 0.5) is 0 Å². The molecule has 0 radical (unpaired) electrons. The van der Waals surface area contributed by atoms with E-state index in [1.54, 1.807) is 0 Å². The molecule has 13 heavy (non-hydrogen) atoms. The maximum atomic E-state index is 8.65. The fourth-order valence-electron chi connectivity index (χ4n) is 1.32. The molecule has 0 aliphatic heterocycles. The van der Waals surface area contributed by atoms with Crippen molar-refractivity contribution in [3.63, 3.8) is 0 Å². The standard InChI is InChI=1S/C9H14N4/c1-13(8-3-2-4-8)9(12)7(5-10)6-11/h5,8,10H,2-4,12H2,1H3/b9-7+,10-5?. The summed E-state index contributed by atoms with van der Waals surface area (Å²) in [5, 5.41) is 15.6. The number of hydrogen-bond donors (Lipinski definition) is 2. The molecule has 70 valence electrons.